The van der Waals surface area contributed by atoms with E-state index in [0.717, 1.165) is 0 Å². The van der Waals surface area contributed by atoms with Gasteiger partial charge >= 0.3 is 0 Å². The van der Waals surface area contributed by atoms with Gasteiger partial charge in [0.2, 0.25) is 17.7 Å². The Morgan fingerprint density at radius 1 is 1.04 bits per heavy atom. The Bertz CT molecular complexity index is 399. The summed E-state index contributed by atoms with van der Waals surface area (Å²) in [5, 5.41) is 16.1. The lowest BCUT2D eigenvalue weighted by Gasteiger charge is -2.26. The number of aliphatic hydroxyl groups excluding tert-OH is 1. The minimum atomic E-state index is -0.734. The first-order valence-electron chi connectivity index (χ1n) is 7.81. The van der Waals surface area contributed by atoms with E-state index in [1.807, 2.05) is 32.8 Å². The molecule has 0 fully saturated rings. The lowest BCUT2D eigenvalue weighted by molar-refractivity contribution is -0.132. The van der Waals surface area contributed by atoms with E-state index in [-0.39, 0.29) is 31.6 Å². The molecule has 0 saturated heterocycles. The minimum absolute atomic E-state index is 0.140. The van der Waals surface area contributed by atoms with Crippen LogP contribution in [0.15, 0.2) is 0 Å². The maximum atomic E-state index is 12.3. The van der Waals surface area contributed by atoms with Crippen molar-refractivity contribution in [2.45, 2.75) is 39.3 Å². The van der Waals surface area contributed by atoms with Crippen molar-refractivity contribution in [2.24, 2.45) is 5.92 Å². The second kappa shape index (κ2) is 11.0. The van der Waals surface area contributed by atoms with E-state index in [4.69, 9.17) is 5.11 Å². The highest BCUT2D eigenvalue weighted by Gasteiger charge is 2.25. The van der Waals surface area contributed by atoms with Crippen molar-refractivity contribution in [3.63, 3.8) is 0 Å². The molecule has 0 aliphatic heterocycles. The number of nitrogens with zero attached hydrogens (tertiary/aromatic N) is 1. The number of carbonyl (C=O) groups excluding carboxylic acids is 3. The van der Waals surface area contributed by atoms with Gasteiger partial charge in [0.1, 0.15) is 6.04 Å². The zero-order valence-electron chi connectivity index (χ0n) is 14.7. The van der Waals surface area contributed by atoms with Gasteiger partial charge in [0.05, 0.1) is 19.2 Å². The Morgan fingerprint density at radius 2 is 1.65 bits per heavy atom. The summed E-state index contributed by atoms with van der Waals surface area (Å²) >= 11 is 0. The van der Waals surface area contributed by atoms with Crippen LogP contribution >= 0.6 is 0 Å². The SMILES string of the molecule is CC(C)C[C@@H](C(=O)NC(C)C(=O)NCC(=O)NCCO)N(C)C. The standard InChI is InChI=1S/C15H30N4O4/c1-10(2)8-12(19(4)5)15(23)18-11(3)14(22)17-9-13(21)16-6-7-20/h10-12,20H,6-9H2,1-5H3,(H,16,21)(H,17,22)(H,18,23)/t11?,12-/m0/s1. The average molecular weight is 330 g/mol. The summed E-state index contributed by atoms with van der Waals surface area (Å²) in [5.74, 6) is -0.681. The van der Waals surface area contributed by atoms with Gasteiger partial charge in [-0.1, -0.05) is 13.8 Å². The smallest absolute Gasteiger partial charge is 0.242 e. The van der Waals surface area contributed by atoms with Gasteiger partial charge in [-0.25, -0.2) is 0 Å². The quantitative estimate of drug-likeness (QED) is 0.398. The third-order valence-corrected chi connectivity index (χ3v) is 3.23. The van der Waals surface area contributed by atoms with Crippen molar-refractivity contribution in [2.75, 3.05) is 33.8 Å². The Balaban J connectivity index is 4.38. The monoisotopic (exact) mass is 330 g/mol. The average Bonchev–Trinajstić information content (AvgIpc) is 2.47. The van der Waals surface area contributed by atoms with E-state index in [9.17, 15) is 14.4 Å². The van der Waals surface area contributed by atoms with E-state index in [2.05, 4.69) is 16.0 Å². The van der Waals surface area contributed by atoms with Crippen molar-refractivity contribution in [1.82, 2.24) is 20.9 Å². The fraction of sp³-hybridized carbons (Fsp3) is 0.800. The third kappa shape index (κ3) is 9.14. The van der Waals surface area contributed by atoms with Crippen molar-refractivity contribution < 1.29 is 19.5 Å². The molecule has 8 nitrogen and oxygen atoms in total. The van der Waals surface area contributed by atoms with Crippen LogP contribution in [-0.2, 0) is 14.4 Å². The van der Waals surface area contributed by atoms with Crippen LogP contribution < -0.4 is 16.0 Å². The number of aliphatic hydroxyl groups is 1. The maximum absolute atomic E-state index is 12.3. The summed E-state index contributed by atoms with van der Waals surface area (Å²) in [5.41, 5.74) is 0. The van der Waals surface area contributed by atoms with Crippen LogP contribution in [0.5, 0.6) is 0 Å². The molecule has 0 aliphatic rings. The molecule has 0 saturated carbocycles. The van der Waals surface area contributed by atoms with Gasteiger partial charge in [0.15, 0.2) is 0 Å². The molecule has 1 unspecified atom stereocenters. The minimum Gasteiger partial charge on any atom is -0.395 e. The number of likely N-dealkylation sites (N-methyl/N-ethyl adjacent to an activating group) is 1. The molecule has 0 spiro atoms. The van der Waals surface area contributed by atoms with E-state index >= 15 is 0 Å². The number of hydrogen-bond donors (Lipinski definition) is 4. The van der Waals surface area contributed by atoms with Gasteiger partial charge in [-0.15, -0.1) is 0 Å². The largest absolute Gasteiger partial charge is 0.395 e. The highest BCUT2D eigenvalue weighted by molar-refractivity contribution is 5.91. The summed E-state index contributed by atoms with van der Waals surface area (Å²) < 4.78 is 0. The molecule has 0 aromatic heterocycles. The number of hydrogen-bond acceptors (Lipinski definition) is 5. The first-order chi connectivity index (χ1) is 10.7. The molecule has 0 heterocycles. The molecule has 8 heteroatoms. The normalized spacial score (nSPS) is 13.6. The Morgan fingerprint density at radius 3 is 2.13 bits per heavy atom. The van der Waals surface area contributed by atoms with Gasteiger partial charge in [0.25, 0.3) is 0 Å². The second-order valence-corrected chi connectivity index (χ2v) is 6.13. The van der Waals surface area contributed by atoms with E-state index < -0.39 is 17.9 Å². The van der Waals surface area contributed by atoms with Crippen LogP contribution in [0.2, 0.25) is 0 Å². The molecule has 0 aromatic carbocycles. The Hall–Kier alpha value is -1.67. The van der Waals surface area contributed by atoms with Crippen LogP contribution in [-0.4, -0.2) is 73.6 Å². The zero-order chi connectivity index (χ0) is 18.0. The molecular weight excluding hydrogens is 300 g/mol. The predicted octanol–water partition coefficient (Wildman–Crippen LogP) is -1.31. The van der Waals surface area contributed by atoms with Crippen molar-refractivity contribution >= 4 is 17.7 Å². The van der Waals surface area contributed by atoms with E-state index in [1.165, 1.54) is 0 Å². The van der Waals surface area contributed by atoms with Gasteiger partial charge < -0.3 is 21.1 Å². The summed E-state index contributed by atoms with van der Waals surface area (Å²) in [6, 6.07) is -1.04. The highest BCUT2D eigenvalue weighted by atomic mass is 16.3. The lowest BCUT2D eigenvalue weighted by atomic mass is 10.0. The number of amides is 3. The molecule has 3 amide bonds. The van der Waals surface area contributed by atoms with Crippen LogP contribution in [0.1, 0.15) is 27.2 Å². The van der Waals surface area contributed by atoms with Crippen molar-refractivity contribution in [3.8, 4) is 0 Å². The summed E-state index contributed by atoms with van der Waals surface area (Å²) in [4.78, 5) is 37.3. The van der Waals surface area contributed by atoms with Gasteiger partial charge in [0, 0.05) is 6.54 Å². The van der Waals surface area contributed by atoms with Crippen molar-refractivity contribution in [1.29, 1.82) is 0 Å². The summed E-state index contributed by atoms with van der Waals surface area (Å²) in [7, 11) is 3.64. The molecule has 4 N–H and O–H groups in total. The lowest BCUT2D eigenvalue weighted by Crippen LogP contribution is -2.52. The van der Waals surface area contributed by atoms with Gasteiger partial charge in [-0.2, -0.15) is 0 Å². The fourth-order valence-corrected chi connectivity index (χ4v) is 1.95. The number of carbonyl (C=O) groups is 3. The molecule has 0 aliphatic carbocycles. The molecule has 0 rings (SSSR count). The first kappa shape index (κ1) is 21.3. The van der Waals surface area contributed by atoms with Crippen molar-refractivity contribution in [3.05, 3.63) is 0 Å². The summed E-state index contributed by atoms with van der Waals surface area (Å²) in [6.45, 7) is 5.42. The topological polar surface area (TPSA) is 111 Å². The molecule has 134 valence electrons. The molecule has 23 heavy (non-hydrogen) atoms. The van der Waals surface area contributed by atoms with Crippen LogP contribution in [0, 0.1) is 5.92 Å². The van der Waals surface area contributed by atoms with Gasteiger partial charge in [-0.05, 0) is 33.4 Å². The van der Waals surface area contributed by atoms with Crippen LogP contribution in [0.3, 0.4) is 0 Å². The number of rotatable bonds is 10. The molecule has 0 bridgehead atoms. The third-order valence-electron chi connectivity index (χ3n) is 3.23. The molecular formula is C15H30N4O4. The van der Waals surface area contributed by atoms with E-state index in [0.29, 0.717) is 12.3 Å². The van der Waals surface area contributed by atoms with Gasteiger partial charge in [-0.3, -0.25) is 19.3 Å². The molecule has 2 atom stereocenters. The number of nitrogens with one attached hydrogen (secondary N) is 3. The highest BCUT2D eigenvalue weighted by Crippen LogP contribution is 2.09. The molecule has 0 radical (unpaired) electrons. The second-order valence-electron chi connectivity index (χ2n) is 6.13. The van der Waals surface area contributed by atoms with Crippen LogP contribution in [0.25, 0.3) is 0 Å². The van der Waals surface area contributed by atoms with Crippen LogP contribution in [0.4, 0.5) is 0 Å². The Kier molecular flexibility index (Phi) is 10.2. The fourth-order valence-electron chi connectivity index (χ4n) is 1.95. The zero-order valence-corrected chi connectivity index (χ0v) is 14.7. The maximum Gasteiger partial charge on any atom is 0.242 e. The first-order valence-corrected chi connectivity index (χ1v) is 7.81. The Labute approximate surface area is 138 Å². The predicted molar refractivity (Wildman–Crippen MR) is 87.6 cm³/mol. The summed E-state index contributed by atoms with van der Waals surface area (Å²) in [6.07, 6.45) is 0.691. The van der Waals surface area contributed by atoms with E-state index in [1.54, 1.807) is 6.92 Å². The molecule has 0 aromatic rings.